The van der Waals surface area contributed by atoms with Gasteiger partial charge in [0.1, 0.15) is 11.6 Å². The highest BCUT2D eigenvalue weighted by Crippen LogP contribution is 2.38. The molecule has 0 spiro atoms. The van der Waals surface area contributed by atoms with Crippen molar-refractivity contribution in [3.63, 3.8) is 0 Å². The second-order valence-electron chi connectivity index (χ2n) is 5.69. The van der Waals surface area contributed by atoms with Crippen molar-refractivity contribution in [2.75, 3.05) is 6.54 Å². The van der Waals surface area contributed by atoms with E-state index in [1.54, 1.807) is 0 Å². The molecule has 1 aliphatic heterocycles. The molecule has 3 heteroatoms. The zero-order valence-electron chi connectivity index (χ0n) is 10.6. The molecule has 0 aromatic heterocycles. The van der Waals surface area contributed by atoms with Gasteiger partial charge in [-0.1, -0.05) is 0 Å². The molecule has 1 aliphatic rings. The van der Waals surface area contributed by atoms with E-state index >= 15 is 0 Å². The molecule has 1 unspecified atom stereocenters. The van der Waals surface area contributed by atoms with E-state index in [9.17, 15) is 8.78 Å². The lowest BCUT2D eigenvalue weighted by Crippen LogP contribution is -2.40. The summed E-state index contributed by atoms with van der Waals surface area (Å²) in [6.45, 7) is 7.29. The number of hydrogen-bond donors (Lipinski definition) is 0. The number of likely N-dealkylation sites (tertiary alicyclic amines) is 1. The normalized spacial score (nSPS) is 22.1. The molecule has 0 radical (unpaired) electrons. The molecule has 0 saturated carbocycles. The minimum Gasteiger partial charge on any atom is -0.291 e. The van der Waals surface area contributed by atoms with Gasteiger partial charge in [-0.15, -0.1) is 0 Å². The molecule has 1 aromatic carbocycles. The average molecular weight is 239 g/mol. The first-order chi connectivity index (χ1) is 7.89. The van der Waals surface area contributed by atoms with Gasteiger partial charge in [0.15, 0.2) is 0 Å². The largest absolute Gasteiger partial charge is 0.291 e. The second kappa shape index (κ2) is 4.37. The second-order valence-corrected chi connectivity index (χ2v) is 5.69. The van der Waals surface area contributed by atoms with Crippen LogP contribution in [0.2, 0.25) is 0 Å². The Morgan fingerprint density at radius 2 is 1.94 bits per heavy atom. The molecule has 94 valence electrons. The van der Waals surface area contributed by atoms with Crippen molar-refractivity contribution >= 4 is 0 Å². The Morgan fingerprint density at radius 1 is 1.24 bits per heavy atom. The fourth-order valence-corrected chi connectivity index (χ4v) is 2.66. The van der Waals surface area contributed by atoms with E-state index in [4.69, 9.17) is 0 Å². The topological polar surface area (TPSA) is 3.24 Å². The van der Waals surface area contributed by atoms with Gasteiger partial charge < -0.3 is 0 Å². The Morgan fingerprint density at radius 3 is 2.59 bits per heavy atom. The summed E-state index contributed by atoms with van der Waals surface area (Å²) in [5.74, 6) is -0.658. The zero-order chi connectivity index (χ0) is 12.6. The number of nitrogens with zero attached hydrogens (tertiary/aromatic N) is 1. The van der Waals surface area contributed by atoms with E-state index in [0.29, 0.717) is 5.56 Å². The maximum atomic E-state index is 13.8. The maximum absolute atomic E-state index is 13.8. The quantitative estimate of drug-likeness (QED) is 0.718. The summed E-state index contributed by atoms with van der Waals surface area (Å²) in [5, 5.41) is 0. The molecule has 1 aromatic rings. The summed E-state index contributed by atoms with van der Waals surface area (Å²) in [6, 6.07) is 3.74. The van der Waals surface area contributed by atoms with E-state index in [0.717, 1.165) is 19.4 Å². The summed E-state index contributed by atoms with van der Waals surface area (Å²) >= 11 is 0. The van der Waals surface area contributed by atoms with Gasteiger partial charge in [-0.3, -0.25) is 4.90 Å². The predicted molar refractivity (Wildman–Crippen MR) is 64.8 cm³/mol. The molecule has 1 fully saturated rings. The Balaban J connectivity index is 2.35. The molecule has 0 bridgehead atoms. The third kappa shape index (κ3) is 2.49. The first-order valence-corrected chi connectivity index (χ1v) is 6.11. The molecule has 1 saturated heterocycles. The van der Waals surface area contributed by atoms with Crippen molar-refractivity contribution in [1.29, 1.82) is 0 Å². The Labute approximate surface area is 101 Å². The number of benzene rings is 1. The summed E-state index contributed by atoms with van der Waals surface area (Å²) in [4.78, 5) is 2.25. The van der Waals surface area contributed by atoms with Gasteiger partial charge in [0, 0.05) is 17.1 Å². The van der Waals surface area contributed by atoms with Gasteiger partial charge in [-0.25, -0.2) is 8.78 Å². The van der Waals surface area contributed by atoms with Crippen molar-refractivity contribution in [1.82, 2.24) is 4.90 Å². The van der Waals surface area contributed by atoms with E-state index in [1.165, 1.54) is 18.2 Å². The zero-order valence-corrected chi connectivity index (χ0v) is 10.6. The Kier molecular flexibility index (Phi) is 3.21. The summed E-state index contributed by atoms with van der Waals surface area (Å²) in [5.41, 5.74) is 0.484. The molecule has 0 amide bonds. The summed E-state index contributed by atoms with van der Waals surface area (Å²) in [7, 11) is 0. The molecule has 0 aliphatic carbocycles. The van der Waals surface area contributed by atoms with Gasteiger partial charge >= 0.3 is 0 Å². The standard InChI is InChI=1S/C14H19F2N/c1-14(2,3)17-8-4-5-13(17)11-9-10(15)6-7-12(11)16/h6-7,9,13H,4-5,8H2,1-3H3. The van der Waals surface area contributed by atoms with Crippen molar-refractivity contribution in [2.24, 2.45) is 0 Å². The highest BCUT2D eigenvalue weighted by atomic mass is 19.1. The van der Waals surface area contributed by atoms with Crippen molar-refractivity contribution in [2.45, 2.75) is 45.2 Å². The van der Waals surface area contributed by atoms with Crippen LogP contribution in [-0.2, 0) is 0 Å². The lowest BCUT2D eigenvalue weighted by molar-refractivity contribution is 0.119. The van der Waals surface area contributed by atoms with Crippen LogP contribution in [0.5, 0.6) is 0 Å². The molecular formula is C14H19F2N. The van der Waals surface area contributed by atoms with Crippen LogP contribution in [0.25, 0.3) is 0 Å². The van der Waals surface area contributed by atoms with Crippen LogP contribution >= 0.6 is 0 Å². The van der Waals surface area contributed by atoms with Crippen molar-refractivity contribution in [3.8, 4) is 0 Å². The molecule has 1 atom stereocenters. The summed E-state index contributed by atoms with van der Waals surface area (Å²) in [6.07, 6.45) is 1.94. The van der Waals surface area contributed by atoms with Crippen molar-refractivity contribution in [3.05, 3.63) is 35.4 Å². The number of halogens is 2. The van der Waals surface area contributed by atoms with Gasteiger partial charge in [0.05, 0.1) is 0 Å². The minimum atomic E-state index is -0.359. The van der Waals surface area contributed by atoms with E-state index in [2.05, 4.69) is 25.7 Å². The van der Waals surface area contributed by atoms with Gasteiger partial charge in [0.2, 0.25) is 0 Å². The highest BCUT2D eigenvalue weighted by molar-refractivity contribution is 5.23. The molecule has 1 heterocycles. The van der Waals surface area contributed by atoms with Crippen LogP contribution < -0.4 is 0 Å². The molecule has 17 heavy (non-hydrogen) atoms. The van der Waals surface area contributed by atoms with E-state index in [-0.39, 0.29) is 23.2 Å². The van der Waals surface area contributed by atoms with Gasteiger partial charge in [0.25, 0.3) is 0 Å². The van der Waals surface area contributed by atoms with E-state index < -0.39 is 0 Å². The maximum Gasteiger partial charge on any atom is 0.128 e. The van der Waals surface area contributed by atoms with Crippen LogP contribution in [0.4, 0.5) is 8.78 Å². The van der Waals surface area contributed by atoms with E-state index in [1.807, 2.05) is 0 Å². The first kappa shape index (κ1) is 12.5. The predicted octanol–water partition coefficient (Wildman–Crippen LogP) is 3.90. The van der Waals surface area contributed by atoms with Crippen LogP contribution in [0.1, 0.15) is 45.2 Å². The fraction of sp³-hybridized carbons (Fsp3) is 0.571. The van der Waals surface area contributed by atoms with Crippen LogP contribution in [-0.4, -0.2) is 17.0 Å². The molecule has 0 N–H and O–H groups in total. The van der Waals surface area contributed by atoms with Gasteiger partial charge in [-0.2, -0.15) is 0 Å². The smallest absolute Gasteiger partial charge is 0.128 e. The Hall–Kier alpha value is -0.960. The monoisotopic (exact) mass is 239 g/mol. The SMILES string of the molecule is CC(C)(C)N1CCCC1c1cc(F)ccc1F. The van der Waals surface area contributed by atoms with Crippen molar-refractivity contribution < 1.29 is 8.78 Å². The Bertz CT molecular complexity index is 409. The number of rotatable bonds is 1. The first-order valence-electron chi connectivity index (χ1n) is 6.11. The molecular weight excluding hydrogens is 220 g/mol. The number of hydrogen-bond acceptors (Lipinski definition) is 1. The molecule has 2 rings (SSSR count). The fourth-order valence-electron chi connectivity index (χ4n) is 2.66. The summed E-state index contributed by atoms with van der Waals surface area (Å²) < 4.78 is 27.0. The lowest BCUT2D eigenvalue weighted by atomic mass is 9.99. The highest BCUT2D eigenvalue weighted by Gasteiger charge is 2.35. The lowest BCUT2D eigenvalue weighted by Gasteiger charge is -2.37. The average Bonchev–Trinajstić information content (AvgIpc) is 2.69. The van der Waals surface area contributed by atoms with Crippen LogP contribution in [0.3, 0.4) is 0 Å². The van der Waals surface area contributed by atoms with Gasteiger partial charge in [-0.05, 0) is 58.4 Å². The third-order valence-corrected chi connectivity index (χ3v) is 3.43. The minimum absolute atomic E-state index is 0.00528. The molecule has 1 nitrogen and oxygen atoms in total. The van der Waals surface area contributed by atoms with Crippen LogP contribution in [0, 0.1) is 11.6 Å². The third-order valence-electron chi connectivity index (χ3n) is 3.43. The van der Waals surface area contributed by atoms with Crippen LogP contribution in [0.15, 0.2) is 18.2 Å².